The normalized spacial score (nSPS) is 14.4. The van der Waals surface area contributed by atoms with Crippen molar-refractivity contribution in [1.82, 2.24) is 4.90 Å². The van der Waals surface area contributed by atoms with Gasteiger partial charge in [0.25, 0.3) is 0 Å². The van der Waals surface area contributed by atoms with Gasteiger partial charge in [0.1, 0.15) is 10.9 Å². The molecule has 1 fully saturated rings. The first-order valence-corrected chi connectivity index (χ1v) is 6.76. The molecule has 2 rings (SSSR count). The van der Waals surface area contributed by atoms with E-state index in [1.165, 1.54) is 16.7 Å². The molecule has 0 unspecified atom stereocenters. The van der Waals surface area contributed by atoms with E-state index in [9.17, 15) is 9.59 Å². The van der Waals surface area contributed by atoms with Crippen LogP contribution in [0.3, 0.4) is 0 Å². The molecule has 0 radical (unpaired) electrons. The maximum atomic E-state index is 11.8. The summed E-state index contributed by atoms with van der Waals surface area (Å²) in [7, 11) is 0. The van der Waals surface area contributed by atoms with Crippen molar-refractivity contribution in [2.45, 2.75) is 0 Å². The molecule has 0 atom stereocenters. The van der Waals surface area contributed by atoms with Gasteiger partial charge in [0, 0.05) is 5.69 Å². The van der Waals surface area contributed by atoms with Crippen LogP contribution in [0.25, 0.3) is 0 Å². The molecule has 2 amide bonds. The second-order valence-electron chi connectivity index (χ2n) is 3.78. The third-order valence-electron chi connectivity index (χ3n) is 2.42. The summed E-state index contributed by atoms with van der Waals surface area (Å²) in [6.45, 7) is -0.0958. The van der Waals surface area contributed by atoms with Crippen LogP contribution in [-0.4, -0.2) is 33.3 Å². The van der Waals surface area contributed by atoms with Crippen molar-refractivity contribution in [3.05, 3.63) is 29.8 Å². The molecule has 0 aliphatic carbocycles. The van der Waals surface area contributed by atoms with Crippen LogP contribution in [0.15, 0.2) is 24.3 Å². The number of carbonyl (C=O) groups excluding carboxylic acids is 2. The molecule has 0 saturated carbocycles. The third-order valence-corrected chi connectivity index (χ3v) is 3.85. The molecule has 1 aliphatic heterocycles. The molecule has 19 heavy (non-hydrogen) atoms. The highest BCUT2D eigenvalue weighted by Crippen LogP contribution is 2.19. The van der Waals surface area contributed by atoms with Gasteiger partial charge in [-0.25, -0.2) is 0 Å². The van der Waals surface area contributed by atoms with Crippen LogP contribution in [0.5, 0.6) is 0 Å². The van der Waals surface area contributed by atoms with Gasteiger partial charge in [-0.3, -0.25) is 14.5 Å². The van der Waals surface area contributed by atoms with E-state index in [0.717, 1.165) is 0 Å². The fourth-order valence-corrected chi connectivity index (χ4v) is 2.61. The molecule has 1 aromatic rings. The number of nitrogens with zero attached hydrogens (tertiary/aromatic N) is 2. The summed E-state index contributed by atoms with van der Waals surface area (Å²) in [5.74, 6) is -0.208. The monoisotopic (exact) mass is 291 g/mol. The molecule has 0 bridgehead atoms. The quantitative estimate of drug-likeness (QED) is 0.851. The fourth-order valence-electron chi connectivity index (χ4n) is 1.54. The molecular formula is C12H9N3O2S2. The van der Waals surface area contributed by atoms with Gasteiger partial charge in [-0.1, -0.05) is 30.0 Å². The van der Waals surface area contributed by atoms with Gasteiger partial charge in [0.15, 0.2) is 0 Å². The predicted octanol–water partition coefficient (Wildman–Crippen LogP) is 1.36. The van der Waals surface area contributed by atoms with Crippen LogP contribution in [0.4, 0.5) is 5.69 Å². The lowest BCUT2D eigenvalue weighted by Crippen LogP contribution is -2.36. The Morgan fingerprint density at radius 3 is 3.00 bits per heavy atom. The third kappa shape index (κ3) is 3.30. The minimum absolute atomic E-state index is 0.0958. The summed E-state index contributed by atoms with van der Waals surface area (Å²) < 4.78 is 0.422. The summed E-state index contributed by atoms with van der Waals surface area (Å²) in [4.78, 5) is 24.6. The number of nitrogens with one attached hydrogen (secondary N) is 1. The first kappa shape index (κ1) is 13.5. The van der Waals surface area contributed by atoms with E-state index in [4.69, 9.17) is 17.5 Å². The number of carbonyl (C=O) groups is 2. The van der Waals surface area contributed by atoms with Gasteiger partial charge in [-0.15, -0.1) is 0 Å². The minimum atomic E-state index is -0.340. The molecule has 0 spiro atoms. The molecular weight excluding hydrogens is 282 g/mol. The number of thiocarbonyl (C=S) groups is 1. The zero-order chi connectivity index (χ0) is 13.8. The Bertz CT molecular complexity index is 579. The predicted molar refractivity (Wildman–Crippen MR) is 76.6 cm³/mol. The largest absolute Gasteiger partial charge is 0.324 e. The second kappa shape index (κ2) is 5.82. The zero-order valence-corrected chi connectivity index (χ0v) is 11.4. The molecule has 1 heterocycles. The highest BCUT2D eigenvalue weighted by atomic mass is 32.2. The van der Waals surface area contributed by atoms with E-state index in [1.54, 1.807) is 24.3 Å². The summed E-state index contributed by atoms with van der Waals surface area (Å²) in [6.07, 6.45) is 0. The van der Waals surface area contributed by atoms with Crippen molar-refractivity contribution >= 4 is 45.8 Å². The van der Waals surface area contributed by atoms with Crippen LogP contribution >= 0.6 is 24.0 Å². The number of hydrogen-bond acceptors (Lipinski definition) is 5. The van der Waals surface area contributed by atoms with Gasteiger partial charge in [0.05, 0.1) is 17.4 Å². The van der Waals surface area contributed by atoms with E-state index < -0.39 is 0 Å². The van der Waals surface area contributed by atoms with Gasteiger partial charge in [-0.05, 0) is 18.2 Å². The molecule has 7 heteroatoms. The lowest BCUT2D eigenvalue weighted by molar-refractivity contribution is -0.127. The first-order chi connectivity index (χ1) is 9.10. The standard InChI is InChI=1S/C12H9N3O2S2/c13-5-8-2-1-3-9(4-8)14-10(16)6-15-11(17)7-19-12(15)18/h1-4H,6-7H2,(H,14,16). The lowest BCUT2D eigenvalue weighted by atomic mass is 10.2. The Hall–Kier alpha value is -1.91. The molecule has 1 N–H and O–H groups in total. The van der Waals surface area contributed by atoms with E-state index >= 15 is 0 Å². The molecule has 0 aromatic heterocycles. The highest BCUT2D eigenvalue weighted by molar-refractivity contribution is 8.23. The Kier molecular flexibility index (Phi) is 4.14. The number of amides is 2. The van der Waals surface area contributed by atoms with Crippen LogP contribution in [0.2, 0.25) is 0 Å². The molecule has 5 nitrogen and oxygen atoms in total. The Morgan fingerprint density at radius 1 is 1.58 bits per heavy atom. The average molecular weight is 291 g/mol. The Morgan fingerprint density at radius 2 is 2.37 bits per heavy atom. The van der Waals surface area contributed by atoms with Gasteiger partial charge < -0.3 is 5.32 Å². The molecule has 1 aromatic carbocycles. The Balaban J connectivity index is 1.99. The summed E-state index contributed by atoms with van der Waals surface area (Å²) >= 11 is 6.24. The van der Waals surface area contributed by atoms with Crippen molar-refractivity contribution in [2.24, 2.45) is 0 Å². The molecule has 96 valence electrons. The van der Waals surface area contributed by atoms with Crippen LogP contribution < -0.4 is 5.32 Å². The number of nitriles is 1. The maximum absolute atomic E-state index is 11.8. The van der Waals surface area contributed by atoms with E-state index in [0.29, 0.717) is 15.6 Å². The van der Waals surface area contributed by atoms with Crippen LogP contribution in [0.1, 0.15) is 5.56 Å². The second-order valence-corrected chi connectivity index (χ2v) is 5.38. The zero-order valence-electron chi connectivity index (χ0n) is 9.75. The van der Waals surface area contributed by atoms with Gasteiger partial charge >= 0.3 is 0 Å². The topological polar surface area (TPSA) is 73.2 Å². The Labute approximate surface area is 119 Å². The number of anilines is 1. The highest BCUT2D eigenvalue weighted by Gasteiger charge is 2.28. The van der Waals surface area contributed by atoms with Crippen LogP contribution in [-0.2, 0) is 9.59 Å². The van der Waals surface area contributed by atoms with Gasteiger partial charge in [-0.2, -0.15) is 5.26 Å². The number of benzene rings is 1. The number of thioether (sulfide) groups is 1. The van der Waals surface area contributed by atoms with Gasteiger partial charge in [0.2, 0.25) is 11.8 Å². The van der Waals surface area contributed by atoms with E-state index in [2.05, 4.69) is 5.32 Å². The molecule has 1 saturated heterocycles. The van der Waals surface area contributed by atoms with E-state index in [-0.39, 0.29) is 24.1 Å². The van der Waals surface area contributed by atoms with Crippen molar-refractivity contribution < 1.29 is 9.59 Å². The number of hydrogen-bond donors (Lipinski definition) is 1. The van der Waals surface area contributed by atoms with Crippen molar-refractivity contribution in [3.8, 4) is 6.07 Å². The van der Waals surface area contributed by atoms with Crippen LogP contribution in [0, 0.1) is 11.3 Å². The summed E-state index contributed by atoms with van der Waals surface area (Å²) in [5.41, 5.74) is 0.982. The van der Waals surface area contributed by atoms with Crippen molar-refractivity contribution in [2.75, 3.05) is 17.6 Å². The van der Waals surface area contributed by atoms with Crippen molar-refractivity contribution in [1.29, 1.82) is 5.26 Å². The van der Waals surface area contributed by atoms with E-state index in [1.807, 2.05) is 6.07 Å². The summed E-state index contributed by atoms with van der Waals surface area (Å²) in [5, 5.41) is 11.4. The average Bonchev–Trinajstić information content (AvgIpc) is 2.71. The SMILES string of the molecule is N#Cc1cccc(NC(=O)CN2C(=O)CSC2=S)c1. The first-order valence-electron chi connectivity index (χ1n) is 5.37. The maximum Gasteiger partial charge on any atom is 0.244 e. The number of rotatable bonds is 3. The summed E-state index contributed by atoms with van der Waals surface area (Å²) in [6, 6.07) is 8.55. The smallest absolute Gasteiger partial charge is 0.244 e. The fraction of sp³-hybridized carbons (Fsp3) is 0.167. The molecule has 1 aliphatic rings. The minimum Gasteiger partial charge on any atom is -0.324 e. The lowest BCUT2D eigenvalue weighted by Gasteiger charge is -2.14. The van der Waals surface area contributed by atoms with Crippen molar-refractivity contribution in [3.63, 3.8) is 0 Å².